The molecule has 0 aliphatic carbocycles. The summed E-state index contributed by atoms with van der Waals surface area (Å²) in [5.74, 6) is -0.804. The average molecular weight is 397 g/mol. The fraction of sp³-hybridized carbons (Fsp3) is 0.462. The van der Waals surface area contributed by atoms with Crippen LogP contribution < -0.4 is 0 Å². The lowest BCUT2D eigenvalue weighted by Gasteiger charge is -2.30. The first-order valence-electron chi connectivity index (χ1n) is 6.47. The number of halogens is 2. The van der Waals surface area contributed by atoms with Crippen LogP contribution in [0, 0.1) is 5.92 Å². The second kappa shape index (κ2) is 6.64. The van der Waals surface area contributed by atoms with E-state index in [9.17, 15) is 13.2 Å². The third-order valence-electron chi connectivity index (χ3n) is 3.55. The van der Waals surface area contributed by atoms with E-state index in [1.54, 1.807) is 12.1 Å². The summed E-state index contributed by atoms with van der Waals surface area (Å²) in [5.41, 5.74) is 0. The van der Waals surface area contributed by atoms with Crippen LogP contribution in [0.2, 0.25) is 5.02 Å². The molecule has 1 aliphatic heterocycles. The van der Waals surface area contributed by atoms with E-state index in [-0.39, 0.29) is 22.3 Å². The number of sulfonamides is 1. The van der Waals surface area contributed by atoms with Crippen LogP contribution in [0.15, 0.2) is 27.6 Å². The molecule has 1 fully saturated rings. The lowest BCUT2D eigenvalue weighted by atomic mass is 9.95. The number of benzene rings is 1. The molecule has 116 valence electrons. The molecule has 2 rings (SSSR count). The maximum absolute atomic E-state index is 12.6. The number of hydrogen-bond acceptors (Lipinski definition) is 3. The van der Waals surface area contributed by atoms with Crippen molar-refractivity contribution in [1.29, 1.82) is 0 Å². The highest BCUT2D eigenvalue weighted by Crippen LogP contribution is 2.30. The molecule has 1 saturated heterocycles. The second-order valence-corrected chi connectivity index (χ2v) is 8.25. The highest BCUT2D eigenvalue weighted by molar-refractivity contribution is 9.10. The fourth-order valence-corrected chi connectivity index (χ4v) is 4.91. The molecule has 1 N–H and O–H groups in total. The fourth-order valence-electron chi connectivity index (χ4n) is 2.42. The van der Waals surface area contributed by atoms with Crippen molar-refractivity contribution < 1.29 is 18.3 Å². The van der Waals surface area contributed by atoms with Gasteiger partial charge in [-0.1, -0.05) is 27.5 Å². The van der Waals surface area contributed by atoms with Crippen LogP contribution in [-0.4, -0.2) is 36.9 Å². The van der Waals surface area contributed by atoms with Crippen molar-refractivity contribution in [3.05, 3.63) is 27.7 Å². The van der Waals surface area contributed by atoms with Crippen LogP contribution in [-0.2, 0) is 14.8 Å². The van der Waals surface area contributed by atoms with Crippen molar-refractivity contribution in [2.75, 3.05) is 13.1 Å². The van der Waals surface area contributed by atoms with Crippen LogP contribution in [0.1, 0.15) is 19.3 Å². The van der Waals surface area contributed by atoms with E-state index in [0.717, 1.165) is 0 Å². The normalized spacial score (nSPS) is 17.8. The molecule has 0 radical (unpaired) electrons. The first-order chi connectivity index (χ1) is 9.80. The molecule has 1 heterocycles. The van der Waals surface area contributed by atoms with E-state index < -0.39 is 16.0 Å². The molecule has 0 amide bonds. The standard InChI is InChI=1S/C13H15BrClNO4S/c14-10-1-2-12(11(15)8-10)21(19,20)16-5-3-9(4-6-16)7-13(17)18/h1-2,8-9H,3-7H2,(H,17,18). The molecule has 0 unspecified atom stereocenters. The van der Waals surface area contributed by atoms with Gasteiger partial charge in [-0.15, -0.1) is 0 Å². The molecule has 0 aromatic heterocycles. The third kappa shape index (κ3) is 3.97. The minimum atomic E-state index is -3.63. The highest BCUT2D eigenvalue weighted by Gasteiger charge is 2.31. The van der Waals surface area contributed by atoms with Gasteiger partial charge in [-0.2, -0.15) is 4.31 Å². The van der Waals surface area contributed by atoms with Crippen molar-refractivity contribution in [3.63, 3.8) is 0 Å². The zero-order valence-electron chi connectivity index (χ0n) is 11.1. The molecule has 1 aliphatic rings. The quantitative estimate of drug-likeness (QED) is 0.849. The Hall–Kier alpha value is -0.630. The smallest absolute Gasteiger partial charge is 0.303 e. The Morgan fingerprint density at radius 3 is 2.52 bits per heavy atom. The third-order valence-corrected chi connectivity index (χ3v) is 6.42. The van der Waals surface area contributed by atoms with Crippen LogP contribution in [0.25, 0.3) is 0 Å². The highest BCUT2D eigenvalue weighted by atomic mass is 79.9. The van der Waals surface area contributed by atoms with E-state index in [0.29, 0.717) is 30.4 Å². The maximum Gasteiger partial charge on any atom is 0.303 e. The predicted molar refractivity (Wildman–Crippen MR) is 82.9 cm³/mol. The van der Waals surface area contributed by atoms with Gasteiger partial charge in [0, 0.05) is 24.0 Å². The van der Waals surface area contributed by atoms with Gasteiger partial charge in [0.2, 0.25) is 10.0 Å². The Morgan fingerprint density at radius 1 is 1.38 bits per heavy atom. The number of carbonyl (C=O) groups is 1. The molecule has 0 atom stereocenters. The SMILES string of the molecule is O=C(O)CC1CCN(S(=O)(=O)c2ccc(Br)cc2Cl)CC1. The minimum Gasteiger partial charge on any atom is -0.481 e. The molecule has 8 heteroatoms. The summed E-state index contributed by atoms with van der Waals surface area (Å²) in [5, 5.41) is 8.96. The van der Waals surface area contributed by atoms with Gasteiger partial charge in [-0.3, -0.25) is 4.79 Å². The van der Waals surface area contributed by atoms with Gasteiger partial charge in [0.25, 0.3) is 0 Å². The van der Waals surface area contributed by atoms with Gasteiger partial charge in [-0.05, 0) is 37.0 Å². The summed E-state index contributed by atoms with van der Waals surface area (Å²) in [6.45, 7) is 0.652. The molecule has 21 heavy (non-hydrogen) atoms. The van der Waals surface area contributed by atoms with Gasteiger partial charge in [0.1, 0.15) is 4.90 Å². The number of piperidine rings is 1. The molecule has 0 saturated carbocycles. The largest absolute Gasteiger partial charge is 0.481 e. The summed E-state index contributed by atoms with van der Waals surface area (Å²) in [4.78, 5) is 10.8. The maximum atomic E-state index is 12.6. The molecular weight excluding hydrogens is 382 g/mol. The number of nitrogens with zero attached hydrogens (tertiary/aromatic N) is 1. The summed E-state index contributed by atoms with van der Waals surface area (Å²) in [6.07, 6.45) is 1.20. The summed E-state index contributed by atoms with van der Waals surface area (Å²) < 4.78 is 27.2. The van der Waals surface area contributed by atoms with Crippen LogP contribution >= 0.6 is 27.5 Å². The summed E-state index contributed by atoms with van der Waals surface area (Å²) >= 11 is 9.26. The average Bonchev–Trinajstić information content (AvgIpc) is 2.38. The molecule has 0 bridgehead atoms. The van der Waals surface area contributed by atoms with Gasteiger partial charge in [0.15, 0.2) is 0 Å². The van der Waals surface area contributed by atoms with Crippen LogP contribution in [0.5, 0.6) is 0 Å². The van der Waals surface area contributed by atoms with E-state index >= 15 is 0 Å². The van der Waals surface area contributed by atoms with Crippen molar-refractivity contribution in [2.45, 2.75) is 24.2 Å². The molecule has 1 aromatic carbocycles. The molecule has 1 aromatic rings. The van der Waals surface area contributed by atoms with Gasteiger partial charge in [0.05, 0.1) is 5.02 Å². The zero-order chi connectivity index (χ0) is 15.6. The number of hydrogen-bond donors (Lipinski definition) is 1. The monoisotopic (exact) mass is 395 g/mol. The van der Waals surface area contributed by atoms with E-state index in [1.807, 2.05) is 0 Å². The number of aliphatic carboxylic acids is 1. The Labute approximate surface area is 137 Å². The van der Waals surface area contributed by atoms with Crippen molar-refractivity contribution in [3.8, 4) is 0 Å². The Balaban J connectivity index is 2.13. The van der Waals surface area contributed by atoms with E-state index in [2.05, 4.69) is 15.9 Å². The van der Waals surface area contributed by atoms with Crippen LogP contribution in [0.3, 0.4) is 0 Å². The minimum absolute atomic E-state index is 0.0364. The Bertz CT molecular complexity index is 642. The molecular formula is C13H15BrClNO4S. The second-order valence-electron chi connectivity index (χ2n) is 5.02. The lowest BCUT2D eigenvalue weighted by molar-refractivity contribution is -0.138. The predicted octanol–water partition coefficient (Wildman–Crippen LogP) is 2.98. The van der Waals surface area contributed by atoms with Gasteiger partial charge < -0.3 is 5.11 Å². The first-order valence-corrected chi connectivity index (χ1v) is 9.09. The van der Waals surface area contributed by atoms with Crippen molar-refractivity contribution >= 4 is 43.5 Å². The number of carboxylic acid groups (broad SMARTS) is 1. The number of carboxylic acids is 1. The Morgan fingerprint density at radius 2 is 2.00 bits per heavy atom. The lowest BCUT2D eigenvalue weighted by Crippen LogP contribution is -2.39. The number of rotatable bonds is 4. The van der Waals surface area contributed by atoms with E-state index in [4.69, 9.17) is 16.7 Å². The zero-order valence-corrected chi connectivity index (χ0v) is 14.3. The van der Waals surface area contributed by atoms with Crippen molar-refractivity contribution in [2.24, 2.45) is 5.92 Å². The van der Waals surface area contributed by atoms with Gasteiger partial charge >= 0.3 is 5.97 Å². The Kier molecular flexibility index (Phi) is 5.29. The molecule has 0 spiro atoms. The topological polar surface area (TPSA) is 74.7 Å². The van der Waals surface area contributed by atoms with Crippen LogP contribution in [0.4, 0.5) is 0 Å². The molecule has 5 nitrogen and oxygen atoms in total. The van der Waals surface area contributed by atoms with Gasteiger partial charge in [-0.25, -0.2) is 8.42 Å². The summed E-state index contributed by atoms with van der Waals surface area (Å²) in [7, 11) is -3.63. The van der Waals surface area contributed by atoms with E-state index in [1.165, 1.54) is 10.4 Å². The first kappa shape index (κ1) is 16.7. The van der Waals surface area contributed by atoms with Crippen molar-refractivity contribution in [1.82, 2.24) is 4.31 Å². The summed E-state index contributed by atoms with van der Waals surface area (Å²) in [6, 6.07) is 4.66.